The molecule has 2 aromatic rings. The molecule has 1 aliphatic heterocycles. The van der Waals surface area contributed by atoms with Gasteiger partial charge in [-0.2, -0.15) is 0 Å². The van der Waals surface area contributed by atoms with E-state index in [0.29, 0.717) is 30.8 Å². The van der Waals surface area contributed by atoms with Crippen LogP contribution in [0.5, 0.6) is 0 Å². The quantitative estimate of drug-likeness (QED) is 0.796. The van der Waals surface area contributed by atoms with Crippen LogP contribution in [0.2, 0.25) is 0 Å². The molecule has 1 saturated carbocycles. The highest BCUT2D eigenvalue weighted by Gasteiger charge is 2.49. The minimum Gasteiger partial charge on any atom is -0.368 e. The fourth-order valence-electron chi connectivity index (χ4n) is 3.84. The minimum atomic E-state index is -0.262. The first-order valence-electron chi connectivity index (χ1n) is 10.0. The number of para-hydroxylation sites is 1. The van der Waals surface area contributed by atoms with Gasteiger partial charge in [0, 0.05) is 43.1 Å². The zero-order chi connectivity index (χ0) is 20.4. The molecule has 2 amide bonds. The second-order valence-corrected chi connectivity index (χ2v) is 7.72. The number of carbonyl (C=O) groups is 3. The second-order valence-electron chi connectivity index (χ2n) is 7.72. The number of piperazine rings is 1. The lowest BCUT2D eigenvalue weighted by Crippen LogP contribution is -2.49. The highest BCUT2D eigenvalue weighted by Crippen LogP contribution is 2.41. The normalized spacial score (nSPS) is 20.9. The average molecular weight is 391 g/mol. The summed E-state index contributed by atoms with van der Waals surface area (Å²) in [5, 5.41) is 2.86. The lowest BCUT2D eigenvalue weighted by Gasteiger charge is -2.36. The third-order valence-corrected chi connectivity index (χ3v) is 5.72. The third-order valence-electron chi connectivity index (χ3n) is 5.72. The molecule has 2 unspecified atom stereocenters. The molecule has 2 aromatic carbocycles. The van der Waals surface area contributed by atoms with Crippen LogP contribution < -0.4 is 10.2 Å². The van der Waals surface area contributed by atoms with Gasteiger partial charge in [-0.25, -0.2) is 0 Å². The molecule has 2 fully saturated rings. The fourth-order valence-corrected chi connectivity index (χ4v) is 3.84. The van der Waals surface area contributed by atoms with Gasteiger partial charge < -0.3 is 15.1 Å². The van der Waals surface area contributed by atoms with Crippen molar-refractivity contribution in [2.75, 3.05) is 36.4 Å². The molecule has 1 heterocycles. The molecule has 0 radical (unpaired) electrons. The van der Waals surface area contributed by atoms with E-state index in [0.717, 1.165) is 13.1 Å². The molecule has 6 heteroatoms. The van der Waals surface area contributed by atoms with E-state index in [2.05, 4.69) is 22.3 Å². The summed E-state index contributed by atoms with van der Waals surface area (Å²) in [6.07, 6.45) is 0.606. The van der Waals surface area contributed by atoms with Crippen molar-refractivity contribution in [2.24, 2.45) is 11.8 Å². The maximum Gasteiger partial charge on any atom is 0.228 e. The van der Waals surface area contributed by atoms with Gasteiger partial charge in [0.15, 0.2) is 5.78 Å². The van der Waals surface area contributed by atoms with Crippen LogP contribution in [0.15, 0.2) is 54.6 Å². The van der Waals surface area contributed by atoms with Crippen LogP contribution in [-0.2, 0) is 9.59 Å². The van der Waals surface area contributed by atoms with Crippen LogP contribution in [0.4, 0.5) is 11.4 Å². The predicted octanol–water partition coefficient (Wildman–Crippen LogP) is 2.81. The Bertz CT molecular complexity index is 903. The van der Waals surface area contributed by atoms with Crippen molar-refractivity contribution in [2.45, 2.75) is 13.3 Å². The first-order valence-corrected chi connectivity index (χ1v) is 10.0. The van der Waals surface area contributed by atoms with Crippen LogP contribution >= 0.6 is 0 Å². The molecule has 0 bridgehead atoms. The molecular formula is C23H25N3O3. The molecular weight excluding hydrogens is 366 g/mol. The molecule has 29 heavy (non-hydrogen) atoms. The van der Waals surface area contributed by atoms with Crippen molar-refractivity contribution in [1.82, 2.24) is 4.90 Å². The summed E-state index contributed by atoms with van der Waals surface area (Å²) in [5.41, 5.74) is 2.44. The van der Waals surface area contributed by atoms with E-state index in [9.17, 15) is 14.4 Å². The van der Waals surface area contributed by atoms with E-state index in [1.807, 2.05) is 23.1 Å². The Kier molecular flexibility index (Phi) is 5.34. The van der Waals surface area contributed by atoms with E-state index < -0.39 is 0 Å². The van der Waals surface area contributed by atoms with Gasteiger partial charge in [0.2, 0.25) is 11.8 Å². The van der Waals surface area contributed by atoms with E-state index in [-0.39, 0.29) is 29.4 Å². The summed E-state index contributed by atoms with van der Waals surface area (Å²) in [7, 11) is 0. The van der Waals surface area contributed by atoms with Gasteiger partial charge in [0.05, 0.1) is 11.8 Å². The van der Waals surface area contributed by atoms with Crippen LogP contribution in [0.1, 0.15) is 23.7 Å². The summed E-state index contributed by atoms with van der Waals surface area (Å²) in [6.45, 7) is 4.49. The Morgan fingerprint density at radius 2 is 1.52 bits per heavy atom. The SMILES string of the molecule is CC(=O)c1ccc(NC(=O)C2CC2C(=O)N2CCN(c3ccccc3)CC2)cc1. The van der Waals surface area contributed by atoms with E-state index >= 15 is 0 Å². The van der Waals surface area contributed by atoms with E-state index in [1.165, 1.54) is 12.6 Å². The Morgan fingerprint density at radius 3 is 2.14 bits per heavy atom. The Hall–Kier alpha value is -3.15. The number of rotatable bonds is 5. The first-order chi connectivity index (χ1) is 14.0. The number of Topliss-reactive ketones (excluding diaryl/α,β-unsaturated/α-hetero) is 1. The number of benzene rings is 2. The molecule has 0 aromatic heterocycles. The Morgan fingerprint density at radius 1 is 0.862 bits per heavy atom. The van der Waals surface area contributed by atoms with Gasteiger partial charge in [-0.05, 0) is 49.7 Å². The van der Waals surface area contributed by atoms with Crippen molar-refractivity contribution in [3.63, 3.8) is 0 Å². The maximum absolute atomic E-state index is 12.8. The number of ketones is 1. The zero-order valence-electron chi connectivity index (χ0n) is 16.5. The number of carbonyl (C=O) groups excluding carboxylic acids is 3. The molecule has 2 aliphatic rings. The molecule has 4 rings (SSSR count). The number of anilines is 2. The van der Waals surface area contributed by atoms with Crippen LogP contribution in [0.25, 0.3) is 0 Å². The largest absolute Gasteiger partial charge is 0.368 e. The lowest BCUT2D eigenvalue weighted by molar-refractivity contribution is -0.134. The Balaban J connectivity index is 1.27. The lowest BCUT2D eigenvalue weighted by atomic mass is 10.1. The number of hydrogen-bond donors (Lipinski definition) is 1. The van der Waals surface area contributed by atoms with Gasteiger partial charge in [-0.1, -0.05) is 18.2 Å². The van der Waals surface area contributed by atoms with E-state index in [4.69, 9.17) is 0 Å². The number of hydrogen-bond acceptors (Lipinski definition) is 4. The van der Waals surface area contributed by atoms with Crippen LogP contribution in [0, 0.1) is 11.8 Å². The summed E-state index contributed by atoms with van der Waals surface area (Å²) in [6, 6.07) is 17.0. The highest BCUT2D eigenvalue weighted by molar-refractivity contribution is 6.00. The average Bonchev–Trinajstić information content (AvgIpc) is 3.55. The second kappa shape index (κ2) is 8.07. The maximum atomic E-state index is 12.8. The summed E-state index contributed by atoms with van der Waals surface area (Å²) >= 11 is 0. The Labute approximate surface area is 170 Å². The van der Waals surface area contributed by atoms with Gasteiger partial charge >= 0.3 is 0 Å². The minimum absolute atomic E-state index is 0.0110. The summed E-state index contributed by atoms with van der Waals surface area (Å²) in [5.74, 6) is -0.522. The molecule has 1 saturated heterocycles. The molecule has 150 valence electrons. The summed E-state index contributed by atoms with van der Waals surface area (Å²) < 4.78 is 0. The van der Waals surface area contributed by atoms with Crippen LogP contribution in [0.3, 0.4) is 0 Å². The van der Waals surface area contributed by atoms with Gasteiger partial charge in [-0.3, -0.25) is 14.4 Å². The number of nitrogens with zero attached hydrogens (tertiary/aromatic N) is 2. The van der Waals surface area contributed by atoms with Gasteiger partial charge in [-0.15, -0.1) is 0 Å². The first kappa shape index (κ1) is 19.2. The molecule has 1 aliphatic carbocycles. The van der Waals surface area contributed by atoms with Crippen molar-refractivity contribution in [1.29, 1.82) is 0 Å². The molecule has 1 N–H and O–H groups in total. The fraction of sp³-hybridized carbons (Fsp3) is 0.348. The highest BCUT2D eigenvalue weighted by atomic mass is 16.2. The standard InChI is InChI=1S/C23H25N3O3/c1-16(27)17-7-9-18(10-8-17)24-22(28)20-15-21(20)23(29)26-13-11-25(12-14-26)19-5-3-2-4-6-19/h2-10,20-21H,11-15H2,1H3,(H,24,28). The third kappa shape index (κ3) is 4.31. The molecule has 0 spiro atoms. The van der Waals surface area contributed by atoms with Crippen molar-refractivity contribution >= 4 is 29.0 Å². The number of amides is 2. The zero-order valence-corrected chi connectivity index (χ0v) is 16.5. The molecule has 6 nitrogen and oxygen atoms in total. The van der Waals surface area contributed by atoms with Crippen molar-refractivity contribution in [3.05, 3.63) is 60.2 Å². The smallest absolute Gasteiger partial charge is 0.228 e. The number of nitrogens with one attached hydrogen (secondary N) is 1. The van der Waals surface area contributed by atoms with Gasteiger partial charge in [0.1, 0.15) is 0 Å². The predicted molar refractivity (Wildman–Crippen MR) is 112 cm³/mol. The van der Waals surface area contributed by atoms with Crippen molar-refractivity contribution < 1.29 is 14.4 Å². The van der Waals surface area contributed by atoms with E-state index in [1.54, 1.807) is 24.3 Å². The van der Waals surface area contributed by atoms with Crippen molar-refractivity contribution in [3.8, 4) is 0 Å². The topological polar surface area (TPSA) is 69.7 Å². The molecule has 2 atom stereocenters. The van der Waals surface area contributed by atoms with Gasteiger partial charge in [0.25, 0.3) is 0 Å². The summed E-state index contributed by atoms with van der Waals surface area (Å²) in [4.78, 5) is 40.8. The van der Waals surface area contributed by atoms with Crippen LogP contribution in [-0.4, -0.2) is 48.7 Å². The monoisotopic (exact) mass is 391 g/mol.